The molecule has 1 saturated heterocycles. The Balaban J connectivity index is 1.74. The van der Waals surface area contributed by atoms with E-state index in [0.717, 1.165) is 0 Å². The van der Waals surface area contributed by atoms with E-state index in [1.807, 2.05) is 0 Å². The van der Waals surface area contributed by atoms with Crippen LogP contribution < -0.4 is 16.7 Å². The Kier molecular flexibility index (Phi) is 6.09. The van der Waals surface area contributed by atoms with Gasteiger partial charge >= 0.3 is 0 Å². The summed E-state index contributed by atoms with van der Waals surface area (Å²) in [5, 5.41) is 45.1. The summed E-state index contributed by atoms with van der Waals surface area (Å²) in [6.45, 7) is -0.569. The molecule has 1 aliphatic heterocycles. The van der Waals surface area contributed by atoms with Crippen LogP contribution in [0.15, 0.2) is 32.6 Å². The maximum Gasteiger partial charge on any atom is 0.284 e. The molecule has 4 atom stereocenters. The van der Waals surface area contributed by atoms with E-state index in [0.29, 0.717) is 10.0 Å². The number of aromatic amines is 1. The predicted molar refractivity (Wildman–Crippen MR) is 118 cm³/mol. The van der Waals surface area contributed by atoms with Crippen LogP contribution in [0.5, 0.6) is 0 Å². The van der Waals surface area contributed by atoms with Crippen molar-refractivity contribution in [3.63, 3.8) is 0 Å². The van der Waals surface area contributed by atoms with Gasteiger partial charge < -0.3 is 25.8 Å². The van der Waals surface area contributed by atoms with Gasteiger partial charge in [0.25, 0.3) is 11.2 Å². The third-order valence-corrected chi connectivity index (χ3v) is 5.56. The number of hydrogen-bond acceptors (Lipinski definition) is 12. The van der Waals surface area contributed by atoms with Gasteiger partial charge in [-0.2, -0.15) is 10.1 Å². The van der Waals surface area contributed by atoms with E-state index in [-0.39, 0.29) is 28.7 Å². The standard InChI is InChI=1S/C17H17BrN8O7/c18-7-2-1-6(3-8(7)26(31)32)4-20-24-17-21-10-13(22-16(19)23-14(10)30)25(17)15-12(29)11(28)9(5-27)33-15/h1-4,9,11-12,15,27-29H,5H2,(H,21,24)(H3,19,22,23,30)/b20-4+/t9-,11+,12-,15-/m0/s1. The summed E-state index contributed by atoms with van der Waals surface area (Å²) < 4.78 is 7.01. The number of H-pyrrole nitrogens is 1. The van der Waals surface area contributed by atoms with Gasteiger partial charge in [0, 0.05) is 11.6 Å². The van der Waals surface area contributed by atoms with Crippen molar-refractivity contribution < 1.29 is 25.0 Å². The SMILES string of the molecule is Nc1nc2c(nc(N/N=C/c3ccc(Br)c([N+](=O)[O-])c3)n2[C@H]2O[C@@H](CO)[C@@H](O)[C@@H]2O)c(=O)[nH]1. The second-order valence-electron chi connectivity index (χ2n) is 7.00. The molecule has 0 saturated carbocycles. The van der Waals surface area contributed by atoms with Crippen LogP contribution >= 0.6 is 15.9 Å². The summed E-state index contributed by atoms with van der Waals surface area (Å²) in [6.07, 6.45) is -4.03. The highest BCUT2D eigenvalue weighted by molar-refractivity contribution is 9.10. The van der Waals surface area contributed by atoms with Gasteiger partial charge in [0.05, 0.1) is 22.2 Å². The molecule has 4 rings (SSSR count). The molecular formula is C17H17BrN8O7. The maximum absolute atomic E-state index is 12.3. The molecule has 3 aromatic rings. The molecule has 0 radical (unpaired) electrons. The van der Waals surface area contributed by atoms with Crippen LogP contribution in [-0.2, 0) is 4.74 Å². The first-order valence-electron chi connectivity index (χ1n) is 9.34. The largest absolute Gasteiger partial charge is 0.394 e. The van der Waals surface area contributed by atoms with Crippen LogP contribution in [0.3, 0.4) is 0 Å². The van der Waals surface area contributed by atoms with Crippen molar-refractivity contribution in [1.29, 1.82) is 0 Å². The van der Waals surface area contributed by atoms with Gasteiger partial charge in [-0.25, -0.2) is 10.4 Å². The quantitative estimate of drug-likeness (QED) is 0.136. The smallest absolute Gasteiger partial charge is 0.284 e. The number of aliphatic hydroxyl groups excluding tert-OH is 3. The van der Waals surface area contributed by atoms with Crippen molar-refractivity contribution in [3.05, 3.63) is 48.7 Å². The fraction of sp³-hybridized carbons (Fsp3) is 0.294. The molecule has 0 spiro atoms. The number of halogens is 1. The van der Waals surface area contributed by atoms with E-state index in [1.165, 1.54) is 22.9 Å². The second kappa shape index (κ2) is 8.83. The number of nitrogens with zero attached hydrogens (tertiary/aromatic N) is 5. The number of hydrazone groups is 1. The number of hydrogen-bond donors (Lipinski definition) is 6. The van der Waals surface area contributed by atoms with E-state index < -0.39 is 41.6 Å². The van der Waals surface area contributed by atoms with Crippen LogP contribution in [0.2, 0.25) is 0 Å². The highest BCUT2D eigenvalue weighted by Gasteiger charge is 2.45. The van der Waals surface area contributed by atoms with E-state index in [9.17, 15) is 30.2 Å². The van der Waals surface area contributed by atoms with E-state index in [2.05, 4.69) is 41.4 Å². The zero-order chi connectivity index (χ0) is 23.9. The van der Waals surface area contributed by atoms with E-state index in [1.54, 1.807) is 6.07 Å². The molecule has 16 heteroatoms. The number of imidazole rings is 1. The summed E-state index contributed by atoms with van der Waals surface area (Å²) in [5.41, 5.74) is 7.54. The topological polar surface area (TPSA) is 227 Å². The summed E-state index contributed by atoms with van der Waals surface area (Å²) in [5.74, 6) is -0.330. The highest BCUT2D eigenvalue weighted by atomic mass is 79.9. The Labute approximate surface area is 191 Å². The number of nitrogens with one attached hydrogen (secondary N) is 2. The number of rotatable bonds is 6. The van der Waals surface area contributed by atoms with Gasteiger partial charge in [0.15, 0.2) is 17.4 Å². The number of benzene rings is 1. The molecule has 2 aromatic heterocycles. The number of aromatic nitrogens is 4. The Bertz CT molecular complexity index is 1310. The lowest BCUT2D eigenvalue weighted by Gasteiger charge is -2.18. The molecule has 0 amide bonds. The third-order valence-electron chi connectivity index (χ3n) is 4.89. The molecule has 3 heterocycles. The average Bonchev–Trinajstić information content (AvgIpc) is 3.26. The Hall–Kier alpha value is -3.44. The third kappa shape index (κ3) is 4.16. The summed E-state index contributed by atoms with van der Waals surface area (Å²) in [7, 11) is 0. The van der Waals surface area contributed by atoms with Crippen molar-refractivity contribution in [1.82, 2.24) is 19.5 Å². The summed E-state index contributed by atoms with van der Waals surface area (Å²) >= 11 is 3.10. The minimum Gasteiger partial charge on any atom is -0.394 e. The summed E-state index contributed by atoms with van der Waals surface area (Å²) in [6, 6.07) is 4.35. The van der Waals surface area contributed by atoms with Crippen LogP contribution in [0.1, 0.15) is 11.8 Å². The molecule has 0 aliphatic carbocycles. The first-order valence-corrected chi connectivity index (χ1v) is 10.1. The van der Waals surface area contributed by atoms with Gasteiger partial charge in [0.1, 0.15) is 18.3 Å². The molecule has 1 fully saturated rings. The van der Waals surface area contributed by atoms with Crippen molar-refractivity contribution in [2.45, 2.75) is 24.5 Å². The first kappa shape index (κ1) is 22.7. The van der Waals surface area contributed by atoms with Crippen molar-refractivity contribution in [2.75, 3.05) is 17.8 Å². The van der Waals surface area contributed by atoms with Crippen molar-refractivity contribution >= 4 is 50.9 Å². The normalized spacial score (nSPS) is 22.9. The highest BCUT2D eigenvalue weighted by Crippen LogP contribution is 2.34. The molecule has 15 nitrogen and oxygen atoms in total. The minimum atomic E-state index is -1.50. The fourth-order valence-corrected chi connectivity index (χ4v) is 3.72. The van der Waals surface area contributed by atoms with E-state index >= 15 is 0 Å². The number of aliphatic hydroxyl groups is 3. The van der Waals surface area contributed by atoms with Gasteiger partial charge in [-0.05, 0) is 22.0 Å². The number of nitrogens with two attached hydrogens (primary N) is 1. The van der Waals surface area contributed by atoms with Gasteiger partial charge in [-0.3, -0.25) is 24.5 Å². The van der Waals surface area contributed by atoms with Crippen molar-refractivity contribution in [3.8, 4) is 0 Å². The molecular weight excluding hydrogens is 508 g/mol. The zero-order valence-electron chi connectivity index (χ0n) is 16.5. The molecule has 1 aromatic carbocycles. The Morgan fingerprint density at radius 3 is 2.82 bits per heavy atom. The van der Waals surface area contributed by atoms with Crippen LogP contribution in [0.25, 0.3) is 11.2 Å². The number of ether oxygens (including phenoxy) is 1. The lowest BCUT2D eigenvalue weighted by atomic mass is 10.1. The molecule has 174 valence electrons. The fourth-order valence-electron chi connectivity index (χ4n) is 3.33. The van der Waals surface area contributed by atoms with Crippen LogP contribution in [-0.4, -0.2) is 70.9 Å². The van der Waals surface area contributed by atoms with Gasteiger partial charge in [-0.1, -0.05) is 6.07 Å². The Morgan fingerprint density at radius 2 is 2.15 bits per heavy atom. The average molecular weight is 525 g/mol. The zero-order valence-corrected chi connectivity index (χ0v) is 18.1. The lowest BCUT2D eigenvalue weighted by molar-refractivity contribution is -0.385. The molecule has 0 bridgehead atoms. The summed E-state index contributed by atoms with van der Waals surface area (Å²) in [4.78, 5) is 33.3. The number of anilines is 2. The van der Waals surface area contributed by atoms with Crippen molar-refractivity contribution in [2.24, 2.45) is 5.10 Å². The molecule has 7 N–H and O–H groups in total. The second-order valence-corrected chi connectivity index (χ2v) is 7.85. The number of fused-ring (bicyclic) bond motifs is 1. The number of nitrogen functional groups attached to an aromatic ring is 1. The minimum absolute atomic E-state index is 0.0666. The van der Waals surface area contributed by atoms with Crippen LogP contribution in [0.4, 0.5) is 17.6 Å². The predicted octanol–water partition coefficient (Wildman–Crippen LogP) is -0.570. The van der Waals surface area contributed by atoms with Gasteiger partial charge in [-0.15, -0.1) is 0 Å². The van der Waals surface area contributed by atoms with Crippen LogP contribution in [0, 0.1) is 10.1 Å². The first-order chi connectivity index (χ1) is 15.7. The molecule has 1 aliphatic rings. The monoisotopic (exact) mass is 524 g/mol. The number of nitro benzene ring substituents is 1. The molecule has 0 unspecified atom stereocenters. The lowest BCUT2D eigenvalue weighted by Crippen LogP contribution is -2.33. The Morgan fingerprint density at radius 1 is 1.39 bits per heavy atom. The molecule has 33 heavy (non-hydrogen) atoms. The van der Waals surface area contributed by atoms with Gasteiger partial charge in [0.2, 0.25) is 11.9 Å². The number of nitro groups is 1. The maximum atomic E-state index is 12.3. The van der Waals surface area contributed by atoms with E-state index in [4.69, 9.17) is 10.5 Å².